The molecule has 0 spiro atoms. The predicted octanol–water partition coefficient (Wildman–Crippen LogP) is 1.01. The Bertz CT molecular complexity index is 255. The summed E-state index contributed by atoms with van der Waals surface area (Å²) in [5, 5.41) is 8.89. The number of aliphatic carboxylic acids is 1. The number of ketones is 1. The van der Waals surface area contributed by atoms with E-state index in [-0.39, 0.29) is 12.8 Å². The number of carbonyl (C=O) groups excluding carboxylic acids is 2. The Kier molecular flexibility index (Phi) is 4.97. The standard InChI is InChI=1S/C10H16O5/c1-7(11)10(2,9(13)14)6-4-5-8(12)15-3/h4-6H2,1-3H3,(H,13,14). The molecule has 0 saturated heterocycles. The van der Waals surface area contributed by atoms with Gasteiger partial charge in [-0.1, -0.05) is 0 Å². The van der Waals surface area contributed by atoms with Gasteiger partial charge in [-0.25, -0.2) is 0 Å². The number of carboxylic acids is 1. The molecule has 0 rings (SSSR count). The van der Waals surface area contributed by atoms with Gasteiger partial charge < -0.3 is 9.84 Å². The molecule has 0 aliphatic heterocycles. The summed E-state index contributed by atoms with van der Waals surface area (Å²) in [4.78, 5) is 32.8. The highest BCUT2D eigenvalue weighted by Crippen LogP contribution is 2.25. The molecule has 0 fully saturated rings. The van der Waals surface area contributed by atoms with E-state index in [1.165, 1.54) is 21.0 Å². The lowest BCUT2D eigenvalue weighted by molar-refractivity contribution is -0.154. The fourth-order valence-corrected chi connectivity index (χ4v) is 1.12. The second kappa shape index (κ2) is 5.48. The van der Waals surface area contributed by atoms with Gasteiger partial charge in [0.1, 0.15) is 11.2 Å². The number of rotatable bonds is 6. The quantitative estimate of drug-likeness (QED) is 0.529. The molecular weight excluding hydrogens is 200 g/mol. The molecule has 0 radical (unpaired) electrons. The van der Waals surface area contributed by atoms with Crippen molar-refractivity contribution in [1.29, 1.82) is 0 Å². The minimum atomic E-state index is -1.39. The number of hydrogen-bond acceptors (Lipinski definition) is 4. The molecule has 0 aliphatic rings. The van der Waals surface area contributed by atoms with Crippen molar-refractivity contribution in [3.63, 3.8) is 0 Å². The van der Waals surface area contributed by atoms with Crippen LogP contribution in [0.4, 0.5) is 0 Å². The van der Waals surface area contributed by atoms with Crippen LogP contribution in [0.15, 0.2) is 0 Å². The molecule has 15 heavy (non-hydrogen) atoms. The van der Waals surface area contributed by atoms with Gasteiger partial charge >= 0.3 is 11.9 Å². The third kappa shape index (κ3) is 3.69. The van der Waals surface area contributed by atoms with E-state index in [0.29, 0.717) is 6.42 Å². The molecule has 0 aromatic carbocycles. The van der Waals surface area contributed by atoms with Gasteiger partial charge in [0.2, 0.25) is 0 Å². The minimum Gasteiger partial charge on any atom is -0.481 e. The van der Waals surface area contributed by atoms with Gasteiger partial charge in [0.15, 0.2) is 0 Å². The van der Waals surface area contributed by atoms with Crippen LogP contribution >= 0.6 is 0 Å². The molecular formula is C10H16O5. The third-order valence-corrected chi connectivity index (χ3v) is 2.53. The van der Waals surface area contributed by atoms with E-state index in [1.807, 2.05) is 0 Å². The van der Waals surface area contributed by atoms with Crippen LogP contribution in [-0.2, 0) is 19.1 Å². The monoisotopic (exact) mass is 216 g/mol. The lowest BCUT2D eigenvalue weighted by Gasteiger charge is -2.20. The maximum atomic E-state index is 11.2. The first-order valence-corrected chi connectivity index (χ1v) is 4.66. The van der Waals surface area contributed by atoms with E-state index >= 15 is 0 Å². The van der Waals surface area contributed by atoms with Gasteiger partial charge in [0.05, 0.1) is 7.11 Å². The van der Waals surface area contributed by atoms with Crippen molar-refractivity contribution in [3.8, 4) is 0 Å². The average Bonchev–Trinajstić information content (AvgIpc) is 2.16. The van der Waals surface area contributed by atoms with Crippen LogP contribution in [0.25, 0.3) is 0 Å². The first-order valence-electron chi connectivity index (χ1n) is 4.66. The molecule has 0 bridgehead atoms. The highest BCUT2D eigenvalue weighted by molar-refractivity contribution is 6.01. The average molecular weight is 216 g/mol. The van der Waals surface area contributed by atoms with Crippen molar-refractivity contribution in [2.45, 2.75) is 33.1 Å². The van der Waals surface area contributed by atoms with Crippen LogP contribution in [0.1, 0.15) is 33.1 Å². The summed E-state index contributed by atoms with van der Waals surface area (Å²) in [5.41, 5.74) is -1.39. The van der Waals surface area contributed by atoms with Crippen LogP contribution < -0.4 is 0 Å². The lowest BCUT2D eigenvalue weighted by Crippen LogP contribution is -2.34. The van der Waals surface area contributed by atoms with E-state index in [4.69, 9.17) is 5.11 Å². The largest absolute Gasteiger partial charge is 0.481 e. The van der Waals surface area contributed by atoms with Crippen molar-refractivity contribution < 1.29 is 24.2 Å². The van der Waals surface area contributed by atoms with E-state index in [1.54, 1.807) is 0 Å². The second-order valence-electron chi connectivity index (χ2n) is 3.62. The molecule has 0 aliphatic carbocycles. The molecule has 0 saturated carbocycles. The van der Waals surface area contributed by atoms with E-state index in [9.17, 15) is 14.4 Å². The first kappa shape index (κ1) is 13.6. The molecule has 86 valence electrons. The van der Waals surface area contributed by atoms with Gasteiger partial charge in [-0.05, 0) is 26.7 Å². The lowest BCUT2D eigenvalue weighted by atomic mass is 9.81. The fraction of sp³-hybridized carbons (Fsp3) is 0.700. The van der Waals surface area contributed by atoms with Crippen LogP contribution in [0, 0.1) is 5.41 Å². The maximum Gasteiger partial charge on any atom is 0.316 e. The number of carbonyl (C=O) groups is 3. The van der Waals surface area contributed by atoms with Crippen LogP contribution in [0.2, 0.25) is 0 Å². The summed E-state index contributed by atoms with van der Waals surface area (Å²) in [5.74, 6) is -1.95. The third-order valence-electron chi connectivity index (χ3n) is 2.53. The van der Waals surface area contributed by atoms with Crippen LogP contribution in [-0.4, -0.2) is 29.9 Å². The minimum absolute atomic E-state index is 0.132. The zero-order valence-electron chi connectivity index (χ0n) is 9.20. The molecule has 1 unspecified atom stereocenters. The number of methoxy groups -OCH3 is 1. The van der Waals surface area contributed by atoms with Crippen molar-refractivity contribution >= 4 is 17.7 Å². The Morgan fingerprint density at radius 3 is 2.20 bits per heavy atom. The summed E-state index contributed by atoms with van der Waals surface area (Å²) in [6.07, 6.45) is 0.606. The van der Waals surface area contributed by atoms with Crippen molar-refractivity contribution in [3.05, 3.63) is 0 Å². The smallest absolute Gasteiger partial charge is 0.316 e. The van der Waals surface area contributed by atoms with Crippen LogP contribution in [0.5, 0.6) is 0 Å². The number of ether oxygens (including phenoxy) is 1. The van der Waals surface area contributed by atoms with Gasteiger partial charge in [-0.3, -0.25) is 14.4 Å². The summed E-state index contributed by atoms with van der Waals surface area (Å²) >= 11 is 0. The molecule has 0 amide bonds. The number of carboxylic acid groups (broad SMARTS) is 1. The van der Waals surface area contributed by atoms with Gasteiger partial charge in [-0.15, -0.1) is 0 Å². The highest BCUT2D eigenvalue weighted by Gasteiger charge is 2.37. The summed E-state index contributed by atoms with van der Waals surface area (Å²) in [6, 6.07) is 0. The number of esters is 1. The zero-order valence-corrected chi connectivity index (χ0v) is 9.20. The zero-order chi connectivity index (χ0) is 12.1. The molecule has 0 aromatic heterocycles. The molecule has 1 atom stereocenters. The molecule has 0 aromatic rings. The topological polar surface area (TPSA) is 80.7 Å². The Balaban J connectivity index is 4.27. The molecule has 1 N–H and O–H groups in total. The van der Waals surface area contributed by atoms with Gasteiger partial charge in [-0.2, -0.15) is 0 Å². The highest BCUT2D eigenvalue weighted by atomic mass is 16.5. The Hall–Kier alpha value is -1.39. The second-order valence-corrected chi connectivity index (χ2v) is 3.62. The van der Waals surface area contributed by atoms with Gasteiger partial charge in [0, 0.05) is 6.42 Å². The molecule has 5 nitrogen and oxygen atoms in total. The van der Waals surface area contributed by atoms with E-state index in [2.05, 4.69) is 4.74 Å². The van der Waals surface area contributed by atoms with Crippen LogP contribution in [0.3, 0.4) is 0 Å². The van der Waals surface area contributed by atoms with E-state index in [0.717, 1.165) is 0 Å². The SMILES string of the molecule is COC(=O)CCCC(C)(C(C)=O)C(=O)O. The first-order chi connectivity index (χ1) is 6.84. The normalized spacial score (nSPS) is 14.1. The molecule has 0 heterocycles. The van der Waals surface area contributed by atoms with Crippen molar-refractivity contribution in [2.24, 2.45) is 5.41 Å². The number of Topliss-reactive ketones (excluding diaryl/α,β-unsaturated/α-hetero) is 1. The van der Waals surface area contributed by atoms with Crippen molar-refractivity contribution in [2.75, 3.05) is 7.11 Å². The Morgan fingerprint density at radius 1 is 1.33 bits per heavy atom. The summed E-state index contributed by atoms with van der Waals surface area (Å²) in [6.45, 7) is 2.61. The summed E-state index contributed by atoms with van der Waals surface area (Å²) < 4.78 is 4.41. The maximum absolute atomic E-state index is 11.2. The Morgan fingerprint density at radius 2 is 1.87 bits per heavy atom. The van der Waals surface area contributed by atoms with Crippen molar-refractivity contribution in [1.82, 2.24) is 0 Å². The van der Waals surface area contributed by atoms with Gasteiger partial charge in [0.25, 0.3) is 0 Å². The predicted molar refractivity (Wildman–Crippen MR) is 52.3 cm³/mol. The molecule has 5 heteroatoms. The fourth-order valence-electron chi connectivity index (χ4n) is 1.12. The van der Waals surface area contributed by atoms with E-state index < -0.39 is 23.1 Å². The number of hydrogen-bond donors (Lipinski definition) is 1. The Labute approximate surface area is 88.4 Å². The summed E-state index contributed by atoms with van der Waals surface area (Å²) in [7, 11) is 1.27.